The molecule has 0 saturated heterocycles. The van der Waals surface area contributed by atoms with Gasteiger partial charge < -0.3 is 9.90 Å². The van der Waals surface area contributed by atoms with Gasteiger partial charge in [-0.05, 0) is 0 Å². The molecule has 2 nitrogen and oxygen atoms in total. The Kier molecular flexibility index (Phi) is 11.2. The van der Waals surface area contributed by atoms with E-state index in [0.29, 0.717) is 0 Å². The van der Waals surface area contributed by atoms with Crippen molar-refractivity contribution < 1.29 is 61.3 Å². The second-order valence-electron chi connectivity index (χ2n) is 0.530. The topological polar surface area (TPSA) is 40.1 Å². The zero-order chi connectivity index (χ0) is 4.28. The van der Waals surface area contributed by atoms with Crippen LogP contribution in [-0.2, 0) is 4.79 Å². The van der Waals surface area contributed by atoms with E-state index < -0.39 is 5.97 Å². The number of hydrogen-bond donors (Lipinski definition) is 1. The van der Waals surface area contributed by atoms with Crippen molar-refractivity contribution in [3.63, 3.8) is 0 Å². The first-order valence-corrected chi connectivity index (χ1v) is 1.71. The standard InChI is InChI=1S/C2H4O2S.K/c3-2(4)1-5;/h5H,1H2,(H,3,4);/q;+1/p-1. The van der Waals surface area contributed by atoms with E-state index in [2.05, 4.69) is 12.6 Å². The van der Waals surface area contributed by atoms with E-state index in [-0.39, 0.29) is 57.1 Å². The first kappa shape index (κ1) is 10.4. The Balaban J connectivity index is 0. The Labute approximate surface area is 84.1 Å². The first-order valence-electron chi connectivity index (χ1n) is 1.08. The van der Waals surface area contributed by atoms with Crippen molar-refractivity contribution in [1.82, 2.24) is 0 Å². The third kappa shape index (κ3) is 9.07. The average Bonchev–Trinajstić information content (AvgIpc) is 1.38. The van der Waals surface area contributed by atoms with Gasteiger partial charge in [0.1, 0.15) is 0 Å². The normalized spacial score (nSPS) is 6.17. The number of carboxylic acid groups (broad SMARTS) is 1. The van der Waals surface area contributed by atoms with Gasteiger partial charge in [0.15, 0.2) is 0 Å². The second kappa shape index (κ2) is 6.46. The molecule has 0 fully saturated rings. The molecule has 0 N–H and O–H groups in total. The van der Waals surface area contributed by atoms with Crippen LogP contribution in [0, 0.1) is 0 Å². The zero-order valence-electron chi connectivity index (χ0n) is 3.47. The van der Waals surface area contributed by atoms with Gasteiger partial charge in [0.05, 0.1) is 5.97 Å². The number of carboxylic acids is 1. The number of hydrogen-bond acceptors (Lipinski definition) is 3. The summed E-state index contributed by atoms with van der Waals surface area (Å²) in [5.74, 6) is -1.33. The van der Waals surface area contributed by atoms with Crippen LogP contribution >= 0.6 is 12.6 Å². The molecule has 4 heteroatoms. The minimum Gasteiger partial charge on any atom is -0.549 e. The van der Waals surface area contributed by atoms with Crippen LogP contribution in [0.3, 0.4) is 0 Å². The van der Waals surface area contributed by atoms with Crippen LogP contribution in [0.4, 0.5) is 0 Å². The average molecular weight is 130 g/mol. The van der Waals surface area contributed by atoms with Crippen molar-refractivity contribution in [2.24, 2.45) is 0 Å². The van der Waals surface area contributed by atoms with Crippen LogP contribution in [0.25, 0.3) is 0 Å². The van der Waals surface area contributed by atoms with Crippen LogP contribution < -0.4 is 56.5 Å². The summed E-state index contributed by atoms with van der Waals surface area (Å²) in [7, 11) is 0. The number of rotatable bonds is 1. The van der Waals surface area contributed by atoms with Gasteiger partial charge in [0.25, 0.3) is 0 Å². The molecule has 0 aromatic rings. The summed E-state index contributed by atoms with van der Waals surface area (Å²) in [5, 5.41) is 9.18. The maximum atomic E-state index is 9.18. The summed E-state index contributed by atoms with van der Waals surface area (Å²) in [6.45, 7) is 0. The fraction of sp³-hybridized carbons (Fsp3) is 0.500. The molecule has 0 spiro atoms. The molecular weight excluding hydrogens is 127 g/mol. The maximum Gasteiger partial charge on any atom is 1.00 e. The number of carbonyl (C=O) groups is 1. The predicted octanol–water partition coefficient (Wildman–Crippen LogP) is -4.33. The predicted molar refractivity (Wildman–Crippen MR) is 18.9 cm³/mol. The van der Waals surface area contributed by atoms with Gasteiger partial charge in [-0.15, -0.1) is 0 Å². The molecular formula is C2H3KO2S. The molecule has 0 atom stereocenters. The molecule has 30 valence electrons. The fourth-order valence-corrected chi connectivity index (χ4v) is 0. The van der Waals surface area contributed by atoms with Crippen molar-refractivity contribution in [3.8, 4) is 0 Å². The molecule has 0 unspecified atom stereocenters. The van der Waals surface area contributed by atoms with Gasteiger partial charge in [0, 0.05) is 5.75 Å². The molecule has 0 aromatic heterocycles. The van der Waals surface area contributed by atoms with E-state index in [9.17, 15) is 9.90 Å². The van der Waals surface area contributed by atoms with Gasteiger partial charge >= 0.3 is 51.4 Å². The molecule has 0 saturated carbocycles. The third-order valence-electron chi connectivity index (χ3n) is 0.129. The third-order valence-corrected chi connectivity index (χ3v) is 0.387. The summed E-state index contributed by atoms with van der Waals surface area (Å²) < 4.78 is 0. The van der Waals surface area contributed by atoms with Crippen molar-refractivity contribution >= 4 is 18.6 Å². The Morgan fingerprint density at radius 1 is 1.83 bits per heavy atom. The van der Waals surface area contributed by atoms with Crippen LogP contribution in [0.5, 0.6) is 0 Å². The van der Waals surface area contributed by atoms with Crippen molar-refractivity contribution in [2.75, 3.05) is 5.75 Å². The van der Waals surface area contributed by atoms with E-state index >= 15 is 0 Å². The molecule has 0 bridgehead atoms. The molecule has 0 radical (unpaired) electrons. The summed E-state index contributed by atoms with van der Waals surface area (Å²) in [6, 6.07) is 0. The summed E-state index contributed by atoms with van der Waals surface area (Å²) in [4.78, 5) is 9.18. The van der Waals surface area contributed by atoms with E-state index in [0.717, 1.165) is 0 Å². The van der Waals surface area contributed by atoms with Gasteiger partial charge in [-0.2, -0.15) is 12.6 Å². The van der Waals surface area contributed by atoms with Crippen molar-refractivity contribution in [2.45, 2.75) is 0 Å². The van der Waals surface area contributed by atoms with Crippen LogP contribution in [0.1, 0.15) is 0 Å². The van der Waals surface area contributed by atoms with Gasteiger partial charge in [-0.1, -0.05) is 0 Å². The fourth-order valence-electron chi connectivity index (χ4n) is 0. The number of carbonyl (C=O) groups excluding carboxylic acids is 1. The zero-order valence-corrected chi connectivity index (χ0v) is 7.49. The molecule has 0 rings (SSSR count). The quantitative estimate of drug-likeness (QED) is 0.288. The number of aliphatic carboxylic acids is 1. The maximum absolute atomic E-state index is 9.18. The summed E-state index contributed by atoms with van der Waals surface area (Å²) >= 11 is 3.35. The largest absolute Gasteiger partial charge is 1.00 e. The summed E-state index contributed by atoms with van der Waals surface area (Å²) in [5.41, 5.74) is 0. The Morgan fingerprint density at radius 2 is 2.00 bits per heavy atom. The van der Waals surface area contributed by atoms with Crippen LogP contribution in [-0.4, -0.2) is 11.7 Å². The van der Waals surface area contributed by atoms with Crippen molar-refractivity contribution in [3.05, 3.63) is 0 Å². The Bertz CT molecular complexity index is 46.8. The minimum atomic E-state index is -1.13. The van der Waals surface area contributed by atoms with Crippen molar-refractivity contribution in [1.29, 1.82) is 0 Å². The van der Waals surface area contributed by atoms with E-state index in [1.807, 2.05) is 0 Å². The molecule has 0 aliphatic heterocycles. The SMILES string of the molecule is O=C([O-])CS.[K+]. The van der Waals surface area contributed by atoms with E-state index in [1.165, 1.54) is 0 Å². The molecule has 0 aliphatic carbocycles. The summed E-state index contributed by atoms with van der Waals surface area (Å²) in [6.07, 6.45) is 0. The van der Waals surface area contributed by atoms with Crippen LogP contribution in [0.15, 0.2) is 0 Å². The van der Waals surface area contributed by atoms with Gasteiger partial charge in [-0.25, -0.2) is 0 Å². The molecule has 6 heavy (non-hydrogen) atoms. The van der Waals surface area contributed by atoms with E-state index in [4.69, 9.17) is 0 Å². The first-order chi connectivity index (χ1) is 2.27. The molecule has 0 amide bonds. The van der Waals surface area contributed by atoms with E-state index in [1.54, 1.807) is 0 Å². The Hall–Kier alpha value is 1.46. The Morgan fingerprint density at radius 3 is 2.00 bits per heavy atom. The monoisotopic (exact) mass is 130 g/mol. The smallest absolute Gasteiger partial charge is 0.549 e. The minimum absolute atomic E-state index is 0. The van der Waals surface area contributed by atoms with Crippen LogP contribution in [0.2, 0.25) is 0 Å². The van der Waals surface area contributed by atoms with Gasteiger partial charge in [-0.3, -0.25) is 0 Å². The molecule has 0 heterocycles. The molecule has 0 aliphatic rings. The van der Waals surface area contributed by atoms with Gasteiger partial charge in [0.2, 0.25) is 0 Å². The second-order valence-corrected chi connectivity index (χ2v) is 0.846. The molecule has 0 aromatic carbocycles. The number of thiol groups is 1.